The second-order valence-electron chi connectivity index (χ2n) is 8.81. The van der Waals surface area contributed by atoms with Crippen LogP contribution in [0.15, 0.2) is 60.3 Å². The quantitative estimate of drug-likeness (QED) is 0.547. The van der Waals surface area contributed by atoms with Gasteiger partial charge in [-0.3, -0.25) is 14.5 Å². The lowest BCUT2D eigenvalue weighted by atomic mass is 9.99. The fourth-order valence-electron chi connectivity index (χ4n) is 4.24. The van der Waals surface area contributed by atoms with Crippen molar-refractivity contribution >= 4 is 23.1 Å². The third-order valence-electron chi connectivity index (χ3n) is 6.61. The van der Waals surface area contributed by atoms with Gasteiger partial charge in [0.2, 0.25) is 6.79 Å². The van der Waals surface area contributed by atoms with Gasteiger partial charge in [0.1, 0.15) is 5.70 Å². The van der Waals surface area contributed by atoms with Crippen LogP contribution in [0.25, 0.3) is 5.57 Å². The molecule has 6 heteroatoms. The minimum absolute atomic E-state index is 0.140. The van der Waals surface area contributed by atoms with Crippen molar-refractivity contribution < 1.29 is 19.1 Å². The summed E-state index contributed by atoms with van der Waals surface area (Å²) in [6.45, 7) is 8.36. The fourth-order valence-corrected chi connectivity index (χ4v) is 4.24. The van der Waals surface area contributed by atoms with Gasteiger partial charge in [-0.05, 0) is 79.3 Å². The number of rotatable bonds is 5. The molecule has 3 aromatic carbocycles. The first kappa shape index (κ1) is 21.8. The Morgan fingerprint density at radius 2 is 1.62 bits per heavy atom. The van der Waals surface area contributed by atoms with Crippen molar-refractivity contribution in [2.24, 2.45) is 0 Å². The summed E-state index contributed by atoms with van der Waals surface area (Å²) in [4.78, 5) is 28.6. The van der Waals surface area contributed by atoms with E-state index in [0.29, 0.717) is 22.8 Å². The van der Waals surface area contributed by atoms with E-state index in [1.54, 1.807) is 6.07 Å². The number of fused-ring (bicyclic) bond motifs is 1. The molecular formula is C28H26N2O4. The van der Waals surface area contributed by atoms with Crippen LogP contribution in [0, 0.1) is 27.7 Å². The first-order chi connectivity index (χ1) is 16.3. The second kappa shape index (κ2) is 8.37. The average Bonchev–Trinajstić information content (AvgIpc) is 3.37. The van der Waals surface area contributed by atoms with Crippen LogP contribution in [0.5, 0.6) is 11.5 Å². The minimum atomic E-state index is -0.350. The van der Waals surface area contributed by atoms with E-state index in [1.807, 2.05) is 76.2 Å². The number of carbonyl (C=O) groups is 2. The Bertz CT molecular complexity index is 1370. The van der Waals surface area contributed by atoms with Crippen molar-refractivity contribution in [1.82, 2.24) is 4.90 Å². The van der Waals surface area contributed by atoms with Gasteiger partial charge in [0.05, 0.1) is 12.1 Å². The number of aryl methyl sites for hydroxylation is 3. The molecule has 0 saturated heterocycles. The number of nitrogens with one attached hydrogen (secondary N) is 1. The van der Waals surface area contributed by atoms with Crippen LogP contribution >= 0.6 is 0 Å². The molecule has 0 atom stereocenters. The third-order valence-corrected chi connectivity index (χ3v) is 6.61. The average molecular weight is 455 g/mol. The molecule has 0 aliphatic carbocycles. The van der Waals surface area contributed by atoms with Crippen molar-refractivity contribution in [2.45, 2.75) is 34.2 Å². The molecule has 3 aromatic rings. The maximum absolute atomic E-state index is 13.7. The summed E-state index contributed by atoms with van der Waals surface area (Å²) in [7, 11) is 0. The van der Waals surface area contributed by atoms with Crippen LogP contribution in [0.2, 0.25) is 0 Å². The van der Waals surface area contributed by atoms with Gasteiger partial charge in [0.15, 0.2) is 11.5 Å². The Labute approximate surface area is 198 Å². The molecule has 6 nitrogen and oxygen atoms in total. The lowest BCUT2D eigenvalue weighted by molar-refractivity contribution is -0.137. The highest BCUT2D eigenvalue weighted by molar-refractivity contribution is 6.36. The standard InChI is InChI=1S/C28H26N2O4/c1-16-8-10-21(12-18(16)3)25-26(29-22-7-5-6-17(2)19(22)4)28(32)30(27(25)31)14-20-9-11-23-24(13-20)34-15-33-23/h5-13,29H,14-15H2,1-4H3. The van der Waals surface area contributed by atoms with E-state index in [-0.39, 0.29) is 25.2 Å². The van der Waals surface area contributed by atoms with E-state index >= 15 is 0 Å². The number of ether oxygens (including phenoxy) is 2. The van der Waals surface area contributed by atoms with E-state index in [4.69, 9.17) is 9.47 Å². The van der Waals surface area contributed by atoms with Crippen LogP contribution in [0.4, 0.5) is 5.69 Å². The molecule has 0 bridgehead atoms. The van der Waals surface area contributed by atoms with Crippen LogP contribution in [-0.4, -0.2) is 23.5 Å². The Morgan fingerprint density at radius 3 is 2.41 bits per heavy atom. The first-order valence-electron chi connectivity index (χ1n) is 11.2. The number of imide groups is 1. The lowest BCUT2D eigenvalue weighted by Gasteiger charge is -2.16. The van der Waals surface area contributed by atoms with Gasteiger partial charge in [0.25, 0.3) is 11.8 Å². The van der Waals surface area contributed by atoms with E-state index in [2.05, 4.69) is 5.32 Å². The molecule has 0 unspecified atom stereocenters. The molecule has 0 saturated carbocycles. The van der Waals surface area contributed by atoms with Crippen LogP contribution < -0.4 is 14.8 Å². The van der Waals surface area contributed by atoms with Gasteiger partial charge in [-0.2, -0.15) is 0 Å². The molecule has 5 rings (SSSR count). The van der Waals surface area contributed by atoms with E-state index in [0.717, 1.165) is 39.1 Å². The van der Waals surface area contributed by atoms with Crippen LogP contribution in [0.1, 0.15) is 33.4 Å². The molecule has 2 aliphatic heterocycles. The smallest absolute Gasteiger partial charge is 0.278 e. The van der Waals surface area contributed by atoms with Gasteiger partial charge >= 0.3 is 0 Å². The Balaban J connectivity index is 1.55. The molecule has 172 valence electrons. The molecule has 2 amide bonds. The van der Waals surface area contributed by atoms with E-state index in [9.17, 15) is 9.59 Å². The number of nitrogens with zero attached hydrogens (tertiary/aromatic N) is 1. The van der Waals surface area contributed by atoms with E-state index in [1.165, 1.54) is 4.90 Å². The normalized spacial score (nSPS) is 14.9. The molecule has 2 heterocycles. The van der Waals surface area contributed by atoms with Crippen molar-refractivity contribution in [2.75, 3.05) is 12.1 Å². The summed E-state index contributed by atoms with van der Waals surface area (Å²) in [6.07, 6.45) is 0. The summed E-state index contributed by atoms with van der Waals surface area (Å²) in [5.41, 5.74) is 7.32. The summed E-state index contributed by atoms with van der Waals surface area (Å²) >= 11 is 0. The van der Waals surface area contributed by atoms with Gasteiger partial charge in [-0.1, -0.05) is 36.4 Å². The van der Waals surface area contributed by atoms with E-state index < -0.39 is 0 Å². The zero-order valence-electron chi connectivity index (χ0n) is 19.7. The molecular weight excluding hydrogens is 428 g/mol. The second-order valence-corrected chi connectivity index (χ2v) is 8.81. The Hall–Kier alpha value is -4.06. The molecule has 2 aliphatic rings. The summed E-state index contributed by atoms with van der Waals surface area (Å²) < 4.78 is 10.8. The Morgan fingerprint density at radius 1 is 0.824 bits per heavy atom. The molecule has 0 aromatic heterocycles. The maximum atomic E-state index is 13.7. The van der Waals surface area contributed by atoms with Crippen molar-refractivity contribution in [3.8, 4) is 11.5 Å². The highest BCUT2D eigenvalue weighted by atomic mass is 16.7. The van der Waals surface area contributed by atoms with Crippen molar-refractivity contribution in [3.63, 3.8) is 0 Å². The predicted octanol–water partition coefficient (Wildman–Crippen LogP) is 5.04. The van der Waals surface area contributed by atoms with Gasteiger partial charge < -0.3 is 14.8 Å². The number of anilines is 1. The molecule has 0 spiro atoms. The van der Waals surface area contributed by atoms with Gasteiger partial charge in [-0.15, -0.1) is 0 Å². The zero-order chi connectivity index (χ0) is 24.0. The molecule has 34 heavy (non-hydrogen) atoms. The maximum Gasteiger partial charge on any atom is 0.278 e. The summed E-state index contributed by atoms with van der Waals surface area (Å²) in [6, 6.07) is 17.2. The molecule has 0 fully saturated rings. The number of amides is 2. The predicted molar refractivity (Wildman–Crippen MR) is 130 cm³/mol. The Kier molecular flexibility index (Phi) is 5.36. The highest BCUT2D eigenvalue weighted by Crippen LogP contribution is 2.36. The molecule has 1 N–H and O–H groups in total. The van der Waals surface area contributed by atoms with Crippen LogP contribution in [-0.2, 0) is 16.1 Å². The van der Waals surface area contributed by atoms with Crippen molar-refractivity contribution in [1.29, 1.82) is 0 Å². The number of carbonyl (C=O) groups excluding carboxylic acids is 2. The summed E-state index contributed by atoms with van der Waals surface area (Å²) in [5.74, 6) is 0.609. The zero-order valence-corrected chi connectivity index (χ0v) is 19.7. The topological polar surface area (TPSA) is 67.9 Å². The van der Waals surface area contributed by atoms with Crippen molar-refractivity contribution in [3.05, 3.63) is 93.7 Å². The SMILES string of the molecule is Cc1ccc(C2=C(Nc3cccc(C)c3C)C(=O)N(Cc3ccc4c(c3)OCO4)C2=O)cc1C. The summed E-state index contributed by atoms with van der Waals surface area (Å²) in [5, 5.41) is 3.29. The van der Waals surface area contributed by atoms with Crippen LogP contribution in [0.3, 0.4) is 0 Å². The largest absolute Gasteiger partial charge is 0.454 e. The monoisotopic (exact) mass is 454 g/mol. The lowest BCUT2D eigenvalue weighted by Crippen LogP contribution is -2.32. The molecule has 0 radical (unpaired) electrons. The highest BCUT2D eigenvalue weighted by Gasteiger charge is 2.39. The number of hydrogen-bond acceptors (Lipinski definition) is 5. The van der Waals surface area contributed by atoms with Gasteiger partial charge in [0, 0.05) is 5.69 Å². The minimum Gasteiger partial charge on any atom is -0.454 e. The number of benzene rings is 3. The number of hydrogen-bond donors (Lipinski definition) is 1. The van der Waals surface area contributed by atoms with Gasteiger partial charge in [-0.25, -0.2) is 0 Å². The third kappa shape index (κ3) is 3.71. The first-order valence-corrected chi connectivity index (χ1v) is 11.2. The fraction of sp³-hybridized carbons (Fsp3) is 0.214.